The van der Waals surface area contributed by atoms with Gasteiger partial charge in [-0.25, -0.2) is 0 Å². The molecule has 1 saturated heterocycles. The van der Waals surface area contributed by atoms with E-state index in [1.165, 1.54) is 5.56 Å². The molecule has 1 saturated carbocycles. The highest BCUT2D eigenvalue weighted by atomic mass is 16.5. The fraction of sp³-hybridized carbons (Fsp3) is 0.462. The Morgan fingerprint density at radius 2 is 2.25 bits per heavy atom. The number of amides is 1. The lowest BCUT2D eigenvalue weighted by atomic mass is 9.54. The molecule has 2 aliphatic heterocycles. The highest BCUT2D eigenvalue weighted by Gasteiger charge is 2.64. The van der Waals surface area contributed by atoms with E-state index < -0.39 is 0 Å². The average molecular weight is 215 g/mol. The second kappa shape index (κ2) is 2.66. The summed E-state index contributed by atoms with van der Waals surface area (Å²) in [5, 5.41) is 3.00. The van der Waals surface area contributed by atoms with Gasteiger partial charge in [0.15, 0.2) is 0 Å². The first-order chi connectivity index (χ1) is 7.81. The minimum absolute atomic E-state index is 0.0520. The van der Waals surface area contributed by atoms with E-state index in [9.17, 15) is 4.79 Å². The molecule has 1 aromatic rings. The molecule has 16 heavy (non-hydrogen) atoms. The van der Waals surface area contributed by atoms with Crippen molar-refractivity contribution in [3.63, 3.8) is 0 Å². The summed E-state index contributed by atoms with van der Waals surface area (Å²) in [4.78, 5) is 12.0. The van der Waals surface area contributed by atoms with Crippen LogP contribution in [0.15, 0.2) is 24.3 Å². The minimum Gasteiger partial charge on any atom is -0.369 e. The number of hydrogen-bond acceptors (Lipinski definition) is 2. The van der Waals surface area contributed by atoms with Gasteiger partial charge >= 0.3 is 0 Å². The van der Waals surface area contributed by atoms with Crippen LogP contribution in [-0.2, 0) is 15.1 Å². The van der Waals surface area contributed by atoms with Gasteiger partial charge in [0.1, 0.15) is 5.60 Å². The number of carbonyl (C=O) groups is 1. The molecular weight excluding hydrogens is 202 g/mol. The summed E-state index contributed by atoms with van der Waals surface area (Å²) in [5.41, 5.74) is 1.82. The number of rotatable bonds is 0. The molecule has 2 fully saturated rings. The van der Waals surface area contributed by atoms with Crippen molar-refractivity contribution in [3.05, 3.63) is 29.8 Å². The molecular formula is C13H13NO2. The van der Waals surface area contributed by atoms with E-state index >= 15 is 0 Å². The summed E-state index contributed by atoms with van der Waals surface area (Å²) < 4.78 is 5.97. The summed E-state index contributed by atoms with van der Waals surface area (Å²) in [6, 6.07) is 8.02. The van der Waals surface area contributed by atoms with E-state index in [2.05, 4.69) is 11.4 Å². The summed E-state index contributed by atoms with van der Waals surface area (Å²) in [7, 11) is 0. The van der Waals surface area contributed by atoms with Gasteiger partial charge in [-0.2, -0.15) is 0 Å². The van der Waals surface area contributed by atoms with Gasteiger partial charge in [-0.15, -0.1) is 0 Å². The largest absolute Gasteiger partial charge is 0.369 e. The molecule has 3 heteroatoms. The molecule has 82 valence electrons. The Hall–Kier alpha value is -1.35. The Bertz CT molecular complexity index is 481. The molecule has 0 aromatic heterocycles. The van der Waals surface area contributed by atoms with E-state index in [1.807, 2.05) is 18.2 Å². The molecule has 1 aliphatic carbocycles. The van der Waals surface area contributed by atoms with Gasteiger partial charge < -0.3 is 10.1 Å². The number of nitrogens with one attached hydrogen (secondary N) is 1. The predicted octanol–water partition coefficient (Wildman–Crippen LogP) is 1.89. The molecule has 1 spiro atoms. The van der Waals surface area contributed by atoms with Gasteiger partial charge in [0.2, 0.25) is 5.91 Å². The van der Waals surface area contributed by atoms with Crippen molar-refractivity contribution in [1.29, 1.82) is 0 Å². The number of ether oxygens (including phenoxy) is 1. The number of carbonyl (C=O) groups excluding carboxylic acids is 1. The van der Waals surface area contributed by atoms with E-state index in [0.29, 0.717) is 5.92 Å². The van der Waals surface area contributed by atoms with Crippen LogP contribution in [0.1, 0.15) is 18.4 Å². The standard InChI is InChI=1S/C13H13NO2/c15-12-11-8-5-6-16-13(11,7-8)9-3-1-2-4-10(9)14-12/h1-4,8,11H,5-7H2,(H,14,15)/t8-,11-,13-/m0/s1. The number of benzene rings is 1. The molecule has 1 N–H and O–H groups in total. The number of hydrogen-bond donors (Lipinski definition) is 1. The first-order valence-electron chi connectivity index (χ1n) is 5.86. The first kappa shape index (κ1) is 8.76. The van der Waals surface area contributed by atoms with E-state index in [0.717, 1.165) is 25.1 Å². The van der Waals surface area contributed by atoms with Crippen molar-refractivity contribution in [2.24, 2.45) is 11.8 Å². The van der Waals surface area contributed by atoms with Crippen molar-refractivity contribution in [2.75, 3.05) is 11.9 Å². The fourth-order valence-corrected chi connectivity index (χ4v) is 3.62. The summed E-state index contributed by atoms with van der Waals surface area (Å²) in [6.07, 6.45) is 2.05. The number of fused-ring (bicyclic) bond motifs is 3. The predicted molar refractivity (Wildman–Crippen MR) is 58.9 cm³/mol. The van der Waals surface area contributed by atoms with Crippen LogP contribution < -0.4 is 5.32 Å². The van der Waals surface area contributed by atoms with Crippen LogP contribution >= 0.6 is 0 Å². The monoisotopic (exact) mass is 215 g/mol. The van der Waals surface area contributed by atoms with Crippen LogP contribution in [-0.4, -0.2) is 12.5 Å². The lowest BCUT2D eigenvalue weighted by Crippen LogP contribution is -2.63. The Labute approximate surface area is 93.8 Å². The SMILES string of the molecule is O=C1Nc2ccccc2[C@]23C[C@H](CCO2)[C@@H]13. The van der Waals surface area contributed by atoms with Crippen molar-refractivity contribution in [3.8, 4) is 0 Å². The second-order valence-corrected chi connectivity index (χ2v) is 5.00. The number of para-hydroxylation sites is 1. The smallest absolute Gasteiger partial charge is 0.231 e. The van der Waals surface area contributed by atoms with Gasteiger partial charge in [-0.3, -0.25) is 4.79 Å². The van der Waals surface area contributed by atoms with Crippen LogP contribution in [0.3, 0.4) is 0 Å². The zero-order valence-electron chi connectivity index (χ0n) is 8.90. The molecule has 2 heterocycles. The molecule has 1 amide bonds. The number of anilines is 1. The highest BCUT2D eigenvalue weighted by Crippen LogP contribution is 2.61. The minimum atomic E-state index is -0.290. The van der Waals surface area contributed by atoms with E-state index in [1.54, 1.807) is 0 Å². The first-order valence-corrected chi connectivity index (χ1v) is 5.86. The summed E-state index contributed by atoms with van der Waals surface area (Å²) in [5.74, 6) is 0.730. The second-order valence-electron chi connectivity index (χ2n) is 5.00. The van der Waals surface area contributed by atoms with Gasteiger partial charge in [0.05, 0.1) is 5.92 Å². The lowest BCUT2D eigenvalue weighted by Gasteiger charge is -2.60. The Kier molecular flexibility index (Phi) is 1.46. The zero-order valence-corrected chi connectivity index (χ0v) is 8.90. The maximum Gasteiger partial charge on any atom is 0.231 e. The maximum atomic E-state index is 12.0. The van der Waals surface area contributed by atoms with Crippen LogP contribution in [0.5, 0.6) is 0 Å². The van der Waals surface area contributed by atoms with E-state index in [-0.39, 0.29) is 17.4 Å². The Morgan fingerprint density at radius 1 is 1.38 bits per heavy atom. The van der Waals surface area contributed by atoms with E-state index in [4.69, 9.17) is 4.74 Å². The third kappa shape index (κ3) is 0.824. The molecule has 2 bridgehead atoms. The average Bonchev–Trinajstić information content (AvgIpc) is 2.29. The third-order valence-electron chi connectivity index (χ3n) is 4.31. The molecule has 3 aliphatic rings. The topological polar surface area (TPSA) is 38.3 Å². The van der Waals surface area contributed by atoms with Gasteiger partial charge in [0, 0.05) is 17.9 Å². The van der Waals surface area contributed by atoms with Gasteiger partial charge in [-0.1, -0.05) is 18.2 Å². The molecule has 0 radical (unpaired) electrons. The molecule has 1 aromatic carbocycles. The molecule has 3 atom stereocenters. The highest BCUT2D eigenvalue weighted by molar-refractivity contribution is 5.98. The van der Waals surface area contributed by atoms with Gasteiger partial charge in [-0.05, 0) is 24.8 Å². The lowest BCUT2D eigenvalue weighted by molar-refractivity contribution is -0.231. The molecule has 0 unspecified atom stereocenters. The molecule has 3 nitrogen and oxygen atoms in total. The van der Waals surface area contributed by atoms with Crippen LogP contribution in [0.4, 0.5) is 5.69 Å². The van der Waals surface area contributed by atoms with Crippen molar-refractivity contribution < 1.29 is 9.53 Å². The van der Waals surface area contributed by atoms with Crippen LogP contribution in [0.25, 0.3) is 0 Å². The zero-order chi connectivity index (χ0) is 10.8. The fourth-order valence-electron chi connectivity index (χ4n) is 3.62. The maximum absolute atomic E-state index is 12.0. The Morgan fingerprint density at radius 3 is 3.12 bits per heavy atom. The quantitative estimate of drug-likeness (QED) is 0.717. The van der Waals surface area contributed by atoms with Crippen LogP contribution in [0, 0.1) is 11.8 Å². The molecule has 4 rings (SSSR count). The normalized spacial score (nSPS) is 39.1. The van der Waals surface area contributed by atoms with Crippen molar-refractivity contribution >= 4 is 11.6 Å². The third-order valence-corrected chi connectivity index (χ3v) is 4.31. The van der Waals surface area contributed by atoms with Crippen molar-refractivity contribution in [2.45, 2.75) is 18.4 Å². The van der Waals surface area contributed by atoms with Gasteiger partial charge in [0.25, 0.3) is 0 Å². The van der Waals surface area contributed by atoms with Crippen molar-refractivity contribution in [1.82, 2.24) is 0 Å². The summed E-state index contributed by atoms with van der Waals surface area (Å²) in [6.45, 7) is 0.794. The van der Waals surface area contributed by atoms with Crippen LogP contribution in [0.2, 0.25) is 0 Å². The summed E-state index contributed by atoms with van der Waals surface area (Å²) >= 11 is 0. The Balaban J connectivity index is 1.93.